The van der Waals surface area contributed by atoms with Gasteiger partial charge in [0.05, 0.1) is 0 Å². The van der Waals surface area contributed by atoms with Crippen LogP contribution in [0.3, 0.4) is 0 Å². The maximum absolute atomic E-state index is 2.48. The van der Waals surface area contributed by atoms with Crippen LogP contribution in [0.4, 0.5) is 0 Å². The van der Waals surface area contributed by atoms with Crippen LogP contribution in [-0.2, 0) is 0 Å². The fourth-order valence-electron chi connectivity index (χ4n) is 4.10. The number of fused-ring (bicyclic) bond motifs is 1. The second-order valence-corrected chi connectivity index (χ2v) is 6.43. The molecule has 3 atom stereocenters. The summed E-state index contributed by atoms with van der Waals surface area (Å²) in [6.45, 7) is 7.35. The molecule has 0 nitrogen and oxygen atoms in total. The summed E-state index contributed by atoms with van der Waals surface area (Å²) in [6.07, 6.45) is 10.5. The van der Waals surface area contributed by atoms with Crippen LogP contribution in [-0.4, -0.2) is 0 Å². The predicted octanol–water partition coefficient (Wildman–Crippen LogP) is 4.64. The van der Waals surface area contributed by atoms with E-state index in [4.69, 9.17) is 0 Å². The lowest BCUT2D eigenvalue weighted by atomic mass is 9.79. The monoisotopic (exact) mass is 194 g/mol. The van der Waals surface area contributed by atoms with Gasteiger partial charge in [0, 0.05) is 0 Å². The van der Waals surface area contributed by atoms with Gasteiger partial charge < -0.3 is 0 Å². The topological polar surface area (TPSA) is 0 Å². The Kier molecular flexibility index (Phi) is 2.91. The minimum atomic E-state index is 0.641. The Morgan fingerprint density at radius 3 is 2.64 bits per heavy atom. The molecular formula is C14H26. The van der Waals surface area contributed by atoms with Gasteiger partial charge in [-0.2, -0.15) is 0 Å². The first kappa shape index (κ1) is 10.5. The average molecular weight is 194 g/mol. The minimum Gasteiger partial charge on any atom is -0.0651 e. The largest absolute Gasteiger partial charge is 0.0651 e. The van der Waals surface area contributed by atoms with E-state index in [1.165, 1.54) is 44.9 Å². The Morgan fingerprint density at radius 2 is 1.93 bits per heavy atom. The zero-order chi connectivity index (χ0) is 10.2. The molecule has 2 fully saturated rings. The van der Waals surface area contributed by atoms with Crippen molar-refractivity contribution in [1.82, 2.24) is 0 Å². The minimum absolute atomic E-state index is 0.641. The highest BCUT2D eigenvalue weighted by atomic mass is 14.4. The highest BCUT2D eigenvalue weighted by Gasteiger charge is 2.39. The van der Waals surface area contributed by atoms with Crippen molar-refractivity contribution in [2.24, 2.45) is 23.2 Å². The van der Waals surface area contributed by atoms with Gasteiger partial charge in [-0.1, -0.05) is 33.6 Å². The van der Waals surface area contributed by atoms with Gasteiger partial charge in [-0.05, 0) is 55.3 Å². The molecule has 0 aliphatic heterocycles. The number of hydrogen-bond donors (Lipinski definition) is 0. The summed E-state index contributed by atoms with van der Waals surface area (Å²) < 4.78 is 0. The fourth-order valence-corrected chi connectivity index (χ4v) is 4.10. The van der Waals surface area contributed by atoms with E-state index >= 15 is 0 Å². The average Bonchev–Trinajstić information content (AvgIpc) is 2.40. The Morgan fingerprint density at radius 1 is 1.14 bits per heavy atom. The van der Waals surface area contributed by atoms with E-state index in [-0.39, 0.29) is 0 Å². The van der Waals surface area contributed by atoms with Crippen molar-refractivity contribution in [3.63, 3.8) is 0 Å². The van der Waals surface area contributed by atoms with Gasteiger partial charge in [0.15, 0.2) is 0 Å². The highest BCUT2D eigenvalue weighted by Crippen LogP contribution is 2.50. The van der Waals surface area contributed by atoms with Crippen molar-refractivity contribution in [2.75, 3.05) is 0 Å². The van der Waals surface area contributed by atoms with E-state index < -0.39 is 0 Å². The quantitative estimate of drug-likeness (QED) is 0.570. The van der Waals surface area contributed by atoms with Crippen molar-refractivity contribution >= 4 is 0 Å². The molecule has 0 aromatic rings. The first-order valence-electron chi connectivity index (χ1n) is 6.62. The Labute approximate surface area is 89.5 Å². The van der Waals surface area contributed by atoms with Gasteiger partial charge in [0.2, 0.25) is 0 Å². The first-order chi connectivity index (χ1) is 6.62. The van der Waals surface area contributed by atoms with Crippen molar-refractivity contribution in [1.29, 1.82) is 0 Å². The SMILES string of the molecule is CCC1CCC2CC(C)(C)CCCC12. The second-order valence-electron chi connectivity index (χ2n) is 6.43. The van der Waals surface area contributed by atoms with E-state index in [1.54, 1.807) is 0 Å². The molecule has 0 amide bonds. The molecule has 0 aromatic carbocycles. The van der Waals surface area contributed by atoms with Gasteiger partial charge in [-0.25, -0.2) is 0 Å². The third-order valence-electron chi connectivity index (χ3n) is 4.85. The van der Waals surface area contributed by atoms with Crippen LogP contribution < -0.4 is 0 Å². The molecule has 82 valence electrons. The summed E-state index contributed by atoms with van der Waals surface area (Å²) >= 11 is 0. The molecule has 14 heavy (non-hydrogen) atoms. The van der Waals surface area contributed by atoms with Gasteiger partial charge in [0.25, 0.3) is 0 Å². The van der Waals surface area contributed by atoms with Crippen LogP contribution in [0.25, 0.3) is 0 Å². The first-order valence-corrected chi connectivity index (χ1v) is 6.62. The smallest absolute Gasteiger partial charge is 0.0351 e. The molecule has 0 heteroatoms. The molecule has 2 saturated carbocycles. The maximum atomic E-state index is 2.48. The maximum Gasteiger partial charge on any atom is -0.0351 e. The van der Waals surface area contributed by atoms with E-state index in [0.29, 0.717) is 5.41 Å². The summed E-state index contributed by atoms with van der Waals surface area (Å²) in [4.78, 5) is 0. The third-order valence-corrected chi connectivity index (χ3v) is 4.85. The lowest BCUT2D eigenvalue weighted by Crippen LogP contribution is -2.17. The summed E-state index contributed by atoms with van der Waals surface area (Å²) in [5.74, 6) is 3.26. The van der Waals surface area contributed by atoms with Crippen LogP contribution in [0.5, 0.6) is 0 Å². The molecule has 3 unspecified atom stereocenters. The molecule has 2 rings (SSSR count). The second kappa shape index (κ2) is 3.87. The molecule has 0 aromatic heterocycles. The van der Waals surface area contributed by atoms with Crippen molar-refractivity contribution in [2.45, 2.75) is 65.7 Å². The number of hydrogen-bond acceptors (Lipinski definition) is 0. The molecule has 2 aliphatic rings. The molecule has 0 spiro atoms. The molecule has 2 aliphatic carbocycles. The van der Waals surface area contributed by atoms with Crippen LogP contribution >= 0.6 is 0 Å². The molecule has 0 bridgehead atoms. The highest BCUT2D eigenvalue weighted by molar-refractivity contribution is 4.90. The normalized spacial score (nSPS) is 41.8. The zero-order valence-corrected chi connectivity index (χ0v) is 10.2. The summed E-state index contributed by atoms with van der Waals surface area (Å²) in [5, 5.41) is 0. The lowest BCUT2D eigenvalue weighted by molar-refractivity contribution is 0.234. The van der Waals surface area contributed by atoms with E-state index in [2.05, 4.69) is 20.8 Å². The Bertz CT molecular complexity index is 192. The molecule has 0 saturated heterocycles. The van der Waals surface area contributed by atoms with Crippen LogP contribution in [0.15, 0.2) is 0 Å². The van der Waals surface area contributed by atoms with Gasteiger partial charge in [-0.3, -0.25) is 0 Å². The van der Waals surface area contributed by atoms with E-state index in [0.717, 1.165) is 17.8 Å². The predicted molar refractivity (Wildman–Crippen MR) is 62.2 cm³/mol. The molecular weight excluding hydrogens is 168 g/mol. The summed E-state index contributed by atoms with van der Waals surface area (Å²) in [5.41, 5.74) is 0.641. The lowest BCUT2D eigenvalue weighted by Gasteiger charge is -2.27. The van der Waals surface area contributed by atoms with Crippen molar-refractivity contribution in [3.05, 3.63) is 0 Å². The Balaban J connectivity index is 2.06. The van der Waals surface area contributed by atoms with Crippen LogP contribution in [0, 0.1) is 23.2 Å². The van der Waals surface area contributed by atoms with Gasteiger partial charge in [0.1, 0.15) is 0 Å². The molecule has 0 N–H and O–H groups in total. The standard InChI is InChI=1S/C14H26/c1-4-11-7-8-12-10-14(2,3)9-5-6-13(11)12/h11-13H,4-10H2,1-3H3. The fraction of sp³-hybridized carbons (Fsp3) is 1.00. The van der Waals surface area contributed by atoms with Crippen LogP contribution in [0.1, 0.15) is 65.7 Å². The zero-order valence-electron chi connectivity index (χ0n) is 10.2. The third kappa shape index (κ3) is 1.99. The summed E-state index contributed by atoms with van der Waals surface area (Å²) in [6, 6.07) is 0. The van der Waals surface area contributed by atoms with Crippen molar-refractivity contribution in [3.8, 4) is 0 Å². The van der Waals surface area contributed by atoms with Gasteiger partial charge >= 0.3 is 0 Å². The molecule has 0 radical (unpaired) electrons. The Hall–Kier alpha value is 0. The van der Waals surface area contributed by atoms with E-state index in [9.17, 15) is 0 Å². The van der Waals surface area contributed by atoms with E-state index in [1.807, 2.05) is 0 Å². The molecule has 0 heterocycles. The van der Waals surface area contributed by atoms with Crippen LogP contribution in [0.2, 0.25) is 0 Å². The van der Waals surface area contributed by atoms with Crippen molar-refractivity contribution < 1.29 is 0 Å². The number of rotatable bonds is 1. The van der Waals surface area contributed by atoms with Gasteiger partial charge in [-0.15, -0.1) is 0 Å². The summed E-state index contributed by atoms with van der Waals surface area (Å²) in [7, 11) is 0.